The molecule has 1 aromatic carbocycles. The Morgan fingerprint density at radius 3 is 2.79 bits per heavy atom. The number of hydrogen-bond donors (Lipinski definition) is 2. The van der Waals surface area contributed by atoms with Gasteiger partial charge in [0.15, 0.2) is 0 Å². The van der Waals surface area contributed by atoms with Crippen LogP contribution in [0.25, 0.3) is 0 Å². The zero-order valence-electron chi connectivity index (χ0n) is 19.6. The second-order valence-corrected chi connectivity index (χ2v) is 9.33. The Kier molecular flexibility index (Phi) is 9.07. The van der Waals surface area contributed by atoms with Gasteiger partial charge in [0.25, 0.3) is 0 Å². The molecule has 3 N–H and O–H groups in total. The Hall–Kier alpha value is -2.46. The number of allylic oxidation sites excluding steroid dienone is 1. The minimum atomic E-state index is -1.26. The number of rotatable bonds is 10. The van der Waals surface area contributed by atoms with Gasteiger partial charge in [0.2, 0.25) is 0 Å². The van der Waals surface area contributed by atoms with E-state index in [0.717, 1.165) is 10.7 Å². The lowest BCUT2D eigenvalue weighted by molar-refractivity contribution is -0.162. The van der Waals surface area contributed by atoms with Crippen LogP contribution in [0.15, 0.2) is 40.9 Å². The summed E-state index contributed by atoms with van der Waals surface area (Å²) in [6.07, 6.45) is 0.689. The maximum atomic E-state index is 13.5. The Morgan fingerprint density at radius 1 is 1.35 bits per heavy atom. The van der Waals surface area contributed by atoms with Gasteiger partial charge in [0.1, 0.15) is 10.4 Å². The van der Waals surface area contributed by atoms with Crippen molar-refractivity contribution in [2.75, 3.05) is 33.4 Å². The third-order valence-electron chi connectivity index (χ3n) is 5.80. The van der Waals surface area contributed by atoms with E-state index >= 15 is 0 Å². The fraction of sp³-hybridized carbons (Fsp3) is 0.458. The van der Waals surface area contributed by atoms with Crippen molar-refractivity contribution in [3.05, 3.63) is 62.2 Å². The van der Waals surface area contributed by atoms with Crippen LogP contribution >= 0.6 is 22.9 Å². The van der Waals surface area contributed by atoms with Gasteiger partial charge < -0.3 is 25.3 Å². The molecule has 3 rings (SSSR count). The highest BCUT2D eigenvalue weighted by Crippen LogP contribution is 2.48. The van der Waals surface area contributed by atoms with Crippen molar-refractivity contribution < 1.29 is 23.8 Å². The second kappa shape index (κ2) is 11.8. The summed E-state index contributed by atoms with van der Waals surface area (Å²) in [5.41, 5.74) is 6.82. The number of nitrogens with zero attached hydrogens (tertiary/aromatic N) is 1. The molecule has 8 nitrogen and oxygen atoms in total. The van der Waals surface area contributed by atoms with Crippen molar-refractivity contribution in [2.45, 2.75) is 32.8 Å². The summed E-state index contributed by atoms with van der Waals surface area (Å²) >= 11 is 8.06. The SMILES string of the molecule is CCOC(=O)C1(COCc2nc(CCN)cs2)CNC(C)=C(C(=O)OC)C1c1ccccc1Cl. The average Bonchev–Trinajstić information content (AvgIpc) is 3.27. The molecule has 1 aliphatic rings. The summed E-state index contributed by atoms with van der Waals surface area (Å²) in [4.78, 5) is 31.0. The summed E-state index contributed by atoms with van der Waals surface area (Å²) in [6.45, 7) is 4.61. The predicted molar refractivity (Wildman–Crippen MR) is 131 cm³/mol. The first-order chi connectivity index (χ1) is 16.4. The molecule has 0 saturated carbocycles. The standard InChI is InChI=1S/C24H30ClN3O5S/c1-4-33-23(30)24(14-32-11-19-28-16(9-10-26)12-34-19)13-27-15(2)20(22(29)31-3)21(24)17-7-5-6-8-18(17)25/h5-8,12,21,27H,4,9-11,13-14,26H2,1-3H3. The van der Waals surface area contributed by atoms with Crippen LogP contribution in [-0.2, 0) is 36.8 Å². The molecule has 2 unspecified atom stereocenters. The first kappa shape index (κ1) is 26.2. The van der Waals surface area contributed by atoms with Gasteiger partial charge in [-0.2, -0.15) is 0 Å². The lowest BCUT2D eigenvalue weighted by Gasteiger charge is -2.43. The lowest BCUT2D eigenvalue weighted by atomic mass is 9.66. The molecule has 0 fully saturated rings. The topological polar surface area (TPSA) is 113 Å². The number of aromatic nitrogens is 1. The van der Waals surface area contributed by atoms with Gasteiger partial charge in [-0.25, -0.2) is 9.78 Å². The molecule has 1 aliphatic heterocycles. The number of carbonyl (C=O) groups is 2. The van der Waals surface area contributed by atoms with Gasteiger partial charge in [-0.1, -0.05) is 29.8 Å². The number of nitrogens with two attached hydrogens (primary N) is 1. The number of thiazole rings is 1. The molecule has 34 heavy (non-hydrogen) atoms. The molecule has 1 aromatic heterocycles. The highest BCUT2D eigenvalue weighted by molar-refractivity contribution is 7.09. The Bertz CT molecular complexity index is 1060. The van der Waals surface area contributed by atoms with E-state index in [0.29, 0.717) is 34.8 Å². The third-order valence-corrected chi connectivity index (χ3v) is 7.02. The van der Waals surface area contributed by atoms with Gasteiger partial charge in [-0.05, 0) is 32.0 Å². The largest absolute Gasteiger partial charge is 0.466 e. The van der Waals surface area contributed by atoms with Crippen molar-refractivity contribution in [3.63, 3.8) is 0 Å². The molecular formula is C24H30ClN3O5S. The van der Waals surface area contributed by atoms with Gasteiger partial charge in [-0.15, -0.1) is 11.3 Å². The summed E-state index contributed by atoms with van der Waals surface area (Å²) in [5, 5.41) is 6.35. The number of nitrogens with one attached hydrogen (secondary N) is 1. The molecule has 2 atom stereocenters. The molecule has 10 heteroatoms. The highest BCUT2D eigenvalue weighted by Gasteiger charge is 2.54. The number of ether oxygens (including phenoxy) is 3. The fourth-order valence-electron chi connectivity index (χ4n) is 4.18. The van der Waals surface area contributed by atoms with Crippen LogP contribution in [0.2, 0.25) is 5.02 Å². The zero-order valence-corrected chi connectivity index (χ0v) is 21.1. The second-order valence-electron chi connectivity index (χ2n) is 7.98. The maximum absolute atomic E-state index is 13.5. The summed E-state index contributed by atoms with van der Waals surface area (Å²) in [6, 6.07) is 7.15. The van der Waals surface area contributed by atoms with Crippen LogP contribution in [0.1, 0.15) is 36.0 Å². The molecule has 0 bridgehead atoms. The van der Waals surface area contributed by atoms with E-state index in [9.17, 15) is 9.59 Å². The van der Waals surface area contributed by atoms with Crippen LogP contribution in [0.4, 0.5) is 0 Å². The van der Waals surface area contributed by atoms with Gasteiger partial charge in [0, 0.05) is 35.0 Å². The maximum Gasteiger partial charge on any atom is 0.336 e. The van der Waals surface area contributed by atoms with Crippen LogP contribution in [0.3, 0.4) is 0 Å². The minimum Gasteiger partial charge on any atom is -0.466 e. The first-order valence-electron chi connectivity index (χ1n) is 11.0. The van der Waals surface area contributed by atoms with E-state index in [1.807, 2.05) is 17.5 Å². The fourth-order valence-corrected chi connectivity index (χ4v) is 5.19. The van der Waals surface area contributed by atoms with E-state index in [1.165, 1.54) is 18.4 Å². The van der Waals surface area contributed by atoms with Crippen molar-refractivity contribution in [2.24, 2.45) is 11.1 Å². The number of benzene rings is 1. The first-order valence-corrected chi connectivity index (χ1v) is 12.3. The van der Waals surface area contributed by atoms with Crippen molar-refractivity contribution in [1.29, 1.82) is 0 Å². The number of halogens is 1. The Labute approximate surface area is 208 Å². The molecule has 2 heterocycles. The smallest absolute Gasteiger partial charge is 0.336 e. The van der Waals surface area contributed by atoms with Gasteiger partial charge in [0.05, 0.1) is 38.2 Å². The Balaban J connectivity index is 2.03. The van der Waals surface area contributed by atoms with Crippen LogP contribution in [-0.4, -0.2) is 50.3 Å². The summed E-state index contributed by atoms with van der Waals surface area (Å²) in [7, 11) is 1.31. The number of methoxy groups -OCH3 is 1. The molecule has 0 radical (unpaired) electrons. The third kappa shape index (κ3) is 5.43. The van der Waals surface area contributed by atoms with E-state index < -0.39 is 23.3 Å². The molecule has 0 aliphatic carbocycles. The quantitative estimate of drug-likeness (QED) is 0.471. The number of hydrogen-bond acceptors (Lipinski definition) is 9. The molecular weight excluding hydrogens is 478 g/mol. The predicted octanol–water partition coefficient (Wildman–Crippen LogP) is 3.20. The molecule has 0 spiro atoms. The molecule has 0 amide bonds. The number of carbonyl (C=O) groups excluding carboxylic acids is 2. The summed E-state index contributed by atoms with van der Waals surface area (Å²) < 4.78 is 16.7. The molecule has 0 saturated heterocycles. The highest BCUT2D eigenvalue weighted by atomic mass is 35.5. The van der Waals surface area contributed by atoms with Crippen molar-refractivity contribution >= 4 is 34.9 Å². The van der Waals surface area contributed by atoms with Crippen LogP contribution < -0.4 is 11.1 Å². The van der Waals surface area contributed by atoms with Crippen LogP contribution in [0, 0.1) is 5.41 Å². The molecule has 2 aromatic rings. The monoisotopic (exact) mass is 507 g/mol. The Morgan fingerprint density at radius 2 is 2.12 bits per heavy atom. The normalized spacial score (nSPS) is 20.1. The van der Waals surface area contributed by atoms with E-state index in [4.69, 9.17) is 31.5 Å². The van der Waals surface area contributed by atoms with Gasteiger partial charge in [-0.3, -0.25) is 4.79 Å². The zero-order chi connectivity index (χ0) is 24.7. The molecule has 184 valence electrons. The van der Waals surface area contributed by atoms with E-state index in [-0.39, 0.29) is 26.4 Å². The summed E-state index contributed by atoms with van der Waals surface area (Å²) in [5.74, 6) is -1.77. The number of esters is 2. The van der Waals surface area contributed by atoms with Crippen molar-refractivity contribution in [3.8, 4) is 0 Å². The lowest BCUT2D eigenvalue weighted by Crippen LogP contribution is -2.54. The van der Waals surface area contributed by atoms with E-state index in [2.05, 4.69) is 10.3 Å². The van der Waals surface area contributed by atoms with Crippen molar-refractivity contribution in [1.82, 2.24) is 10.3 Å². The van der Waals surface area contributed by atoms with Gasteiger partial charge >= 0.3 is 11.9 Å². The van der Waals surface area contributed by atoms with E-state index in [1.54, 1.807) is 26.0 Å². The van der Waals surface area contributed by atoms with Crippen LogP contribution in [0.5, 0.6) is 0 Å². The minimum absolute atomic E-state index is 0.0195. The average molecular weight is 508 g/mol.